The van der Waals surface area contributed by atoms with E-state index in [2.05, 4.69) is 24.1 Å². The van der Waals surface area contributed by atoms with E-state index in [-0.39, 0.29) is 5.82 Å². The lowest BCUT2D eigenvalue weighted by Crippen LogP contribution is -2.53. The van der Waals surface area contributed by atoms with Crippen molar-refractivity contribution in [3.8, 4) is 0 Å². The highest BCUT2D eigenvalue weighted by molar-refractivity contribution is 6.30. The minimum absolute atomic E-state index is 0.232. The Hall–Kier alpha value is -0.800. The van der Waals surface area contributed by atoms with Crippen LogP contribution >= 0.6 is 11.6 Å². The molecule has 0 bridgehead atoms. The highest BCUT2D eigenvalue weighted by Crippen LogP contribution is 2.31. The molecule has 3 unspecified atom stereocenters. The third-order valence-corrected chi connectivity index (χ3v) is 4.39. The van der Waals surface area contributed by atoms with E-state index in [4.69, 9.17) is 11.6 Å². The maximum absolute atomic E-state index is 14.0. The number of hydrogen-bond acceptors (Lipinski definition) is 2. The summed E-state index contributed by atoms with van der Waals surface area (Å²) < 4.78 is 14.0. The zero-order valence-electron chi connectivity index (χ0n) is 11.1. The van der Waals surface area contributed by atoms with Gasteiger partial charge in [0.1, 0.15) is 5.82 Å². The smallest absolute Gasteiger partial charge is 0.147 e. The normalized spacial score (nSPS) is 28.5. The first kappa shape index (κ1) is 13.6. The Morgan fingerprint density at radius 3 is 2.72 bits per heavy atom. The maximum atomic E-state index is 14.0. The van der Waals surface area contributed by atoms with E-state index in [9.17, 15) is 4.39 Å². The van der Waals surface area contributed by atoms with Crippen LogP contribution in [0.5, 0.6) is 0 Å². The van der Waals surface area contributed by atoms with Gasteiger partial charge in [0.2, 0.25) is 0 Å². The zero-order valence-corrected chi connectivity index (χ0v) is 11.8. The molecule has 1 aromatic rings. The lowest BCUT2D eigenvalue weighted by molar-refractivity contribution is 0.281. The van der Waals surface area contributed by atoms with Gasteiger partial charge in [0.05, 0.1) is 5.69 Å². The van der Waals surface area contributed by atoms with Crippen LogP contribution in [0.4, 0.5) is 10.1 Å². The van der Waals surface area contributed by atoms with E-state index >= 15 is 0 Å². The molecule has 0 saturated carbocycles. The minimum Gasteiger partial charge on any atom is -0.366 e. The first-order chi connectivity index (χ1) is 8.54. The summed E-state index contributed by atoms with van der Waals surface area (Å²) in [7, 11) is 1.99. The molecule has 0 spiro atoms. The second-order valence-corrected chi connectivity index (χ2v) is 5.51. The summed E-state index contributed by atoms with van der Waals surface area (Å²) >= 11 is 5.80. The molecule has 2 rings (SSSR count). The van der Waals surface area contributed by atoms with Gasteiger partial charge < -0.3 is 10.2 Å². The van der Waals surface area contributed by atoms with Gasteiger partial charge in [-0.05, 0) is 44.5 Å². The topological polar surface area (TPSA) is 15.3 Å². The zero-order chi connectivity index (χ0) is 13.3. The van der Waals surface area contributed by atoms with Crippen molar-refractivity contribution >= 4 is 17.3 Å². The van der Waals surface area contributed by atoms with Crippen LogP contribution < -0.4 is 10.2 Å². The number of anilines is 1. The van der Waals surface area contributed by atoms with Crippen molar-refractivity contribution < 1.29 is 4.39 Å². The van der Waals surface area contributed by atoms with Crippen molar-refractivity contribution in [3.05, 3.63) is 29.0 Å². The van der Waals surface area contributed by atoms with Gasteiger partial charge in [-0.15, -0.1) is 0 Å². The summed E-state index contributed by atoms with van der Waals surface area (Å²) in [5, 5.41) is 3.78. The second-order valence-electron chi connectivity index (χ2n) is 5.07. The Morgan fingerprint density at radius 1 is 1.39 bits per heavy atom. The van der Waals surface area contributed by atoms with Crippen LogP contribution in [-0.2, 0) is 0 Å². The highest BCUT2D eigenvalue weighted by atomic mass is 35.5. The predicted molar refractivity (Wildman–Crippen MR) is 74.8 cm³/mol. The van der Waals surface area contributed by atoms with Gasteiger partial charge >= 0.3 is 0 Å². The molecule has 4 heteroatoms. The van der Waals surface area contributed by atoms with Crippen molar-refractivity contribution in [2.45, 2.75) is 32.4 Å². The number of rotatable bonds is 2. The van der Waals surface area contributed by atoms with Gasteiger partial charge in [-0.2, -0.15) is 0 Å². The lowest BCUT2D eigenvalue weighted by Gasteiger charge is -2.44. The summed E-state index contributed by atoms with van der Waals surface area (Å²) in [6, 6.07) is 5.74. The molecule has 3 atom stereocenters. The Bertz CT molecular complexity index is 424. The average molecular weight is 271 g/mol. The molecule has 1 fully saturated rings. The van der Waals surface area contributed by atoms with Crippen molar-refractivity contribution in [1.82, 2.24) is 5.32 Å². The van der Waals surface area contributed by atoms with Crippen LogP contribution in [0.3, 0.4) is 0 Å². The standard InChI is InChI=1S/C14H20ClFN2/c1-9-10(2)18(7-6-13(9)17-3)14-5-4-11(15)8-12(14)16/h4-5,8-10,13,17H,6-7H2,1-3H3. The van der Waals surface area contributed by atoms with Gasteiger partial charge in [-0.1, -0.05) is 18.5 Å². The van der Waals surface area contributed by atoms with E-state index in [1.807, 2.05) is 7.05 Å². The molecule has 2 nitrogen and oxygen atoms in total. The maximum Gasteiger partial charge on any atom is 0.147 e. The fourth-order valence-corrected chi connectivity index (χ4v) is 2.98. The molecule has 0 aromatic heterocycles. The SMILES string of the molecule is CNC1CCN(c2ccc(Cl)cc2F)C(C)C1C. The summed E-state index contributed by atoms with van der Waals surface area (Å²) in [5.41, 5.74) is 0.660. The average Bonchev–Trinajstić information content (AvgIpc) is 2.34. The fraction of sp³-hybridized carbons (Fsp3) is 0.571. The van der Waals surface area contributed by atoms with Crippen LogP contribution in [-0.4, -0.2) is 25.7 Å². The largest absolute Gasteiger partial charge is 0.366 e. The number of halogens is 2. The van der Waals surface area contributed by atoms with Crippen LogP contribution in [0, 0.1) is 11.7 Å². The predicted octanol–water partition coefficient (Wildman–Crippen LogP) is 3.30. The Morgan fingerprint density at radius 2 is 2.11 bits per heavy atom. The number of piperidine rings is 1. The molecule has 1 N–H and O–H groups in total. The minimum atomic E-state index is -0.232. The van der Waals surface area contributed by atoms with Crippen molar-refractivity contribution in [2.24, 2.45) is 5.92 Å². The molecule has 1 aliphatic heterocycles. The van der Waals surface area contributed by atoms with Crippen molar-refractivity contribution in [2.75, 3.05) is 18.5 Å². The summed E-state index contributed by atoms with van der Waals surface area (Å²) in [6.45, 7) is 5.24. The lowest BCUT2D eigenvalue weighted by atomic mass is 9.86. The molecule has 100 valence electrons. The molecule has 0 aliphatic carbocycles. The Labute approximate surface area is 113 Å². The third kappa shape index (κ3) is 2.47. The van der Waals surface area contributed by atoms with E-state index < -0.39 is 0 Å². The Balaban J connectivity index is 2.24. The number of nitrogens with one attached hydrogen (secondary N) is 1. The van der Waals surface area contributed by atoms with Crippen molar-refractivity contribution in [1.29, 1.82) is 0 Å². The van der Waals surface area contributed by atoms with E-state index in [0.717, 1.165) is 13.0 Å². The van der Waals surface area contributed by atoms with Crippen LogP contribution in [0.15, 0.2) is 18.2 Å². The van der Waals surface area contributed by atoms with Crippen LogP contribution in [0.2, 0.25) is 5.02 Å². The molecule has 0 amide bonds. The summed E-state index contributed by atoms with van der Waals surface area (Å²) in [6.07, 6.45) is 1.03. The van der Waals surface area contributed by atoms with Crippen LogP contribution in [0.25, 0.3) is 0 Å². The molecule has 1 saturated heterocycles. The number of benzene rings is 1. The monoisotopic (exact) mass is 270 g/mol. The second kappa shape index (κ2) is 5.45. The summed E-state index contributed by atoms with van der Waals surface area (Å²) in [4.78, 5) is 2.14. The van der Waals surface area contributed by atoms with Crippen molar-refractivity contribution in [3.63, 3.8) is 0 Å². The van der Waals surface area contributed by atoms with E-state index in [0.29, 0.717) is 28.7 Å². The molecule has 1 aliphatic rings. The van der Waals surface area contributed by atoms with Gasteiger partial charge in [0.15, 0.2) is 0 Å². The summed E-state index contributed by atoms with van der Waals surface area (Å²) in [5.74, 6) is 0.253. The van der Waals surface area contributed by atoms with Gasteiger partial charge in [0, 0.05) is 23.7 Å². The van der Waals surface area contributed by atoms with Crippen LogP contribution in [0.1, 0.15) is 20.3 Å². The molecule has 1 heterocycles. The molecule has 1 aromatic carbocycles. The van der Waals surface area contributed by atoms with E-state index in [1.54, 1.807) is 12.1 Å². The molecule has 0 radical (unpaired) electrons. The quantitative estimate of drug-likeness (QED) is 0.887. The third-order valence-electron chi connectivity index (χ3n) is 4.16. The fourth-order valence-electron chi connectivity index (χ4n) is 2.83. The molecular weight excluding hydrogens is 251 g/mol. The first-order valence-electron chi connectivity index (χ1n) is 6.43. The molecular formula is C14H20ClFN2. The van der Waals surface area contributed by atoms with E-state index in [1.165, 1.54) is 6.07 Å². The van der Waals surface area contributed by atoms with Gasteiger partial charge in [-0.3, -0.25) is 0 Å². The van der Waals surface area contributed by atoms with Gasteiger partial charge in [-0.25, -0.2) is 4.39 Å². The Kier molecular flexibility index (Phi) is 4.13. The highest BCUT2D eigenvalue weighted by Gasteiger charge is 2.32. The molecule has 18 heavy (non-hydrogen) atoms. The first-order valence-corrected chi connectivity index (χ1v) is 6.81. The number of nitrogens with zero attached hydrogens (tertiary/aromatic N) is 1. The van der Waals surface area contributed by atoms with Gasteiger partial charge in [0.25, 0.3) is 0 Å². The number of hydrogen-bond donors (Lipinski definition) is 1.